The van der Waals surface area contributed by atoms with E-state index in [0.29, 0.717) is 12.5 Å². The summed E-state index contributed by atoms with van der Waals surface area (Å²) in [6, 6.07) is 11.6. The third-order valence-electron chi connectivity index (χ3n) is 2.69. The molecule has 1 amide bonds. The summed E-state index contributed by atoms with van der Waals surface area (Å²) in [6.45, 7) is 0.462. The molecule has 1 fully saturated rings. The highest BCUT2D eigenvalue weighted by molar-refractivity contribution is 5.97. The van der Waals surface area contributed by atoms with E-state index in [9.17, 15) is 4.79 Å². The Morgan fingerprint density at radius 1 is 1.41 bits per heavy atom. The second-order valence-corrected chi connectivity index (χ2v) is 4.20. The fraction of sp³-hybridized carbons (Fsp3) is 0.286. The second-order valence-electron chi connectivity index (χ2n) is 4.20. The summed E-state index contributed by atoms with van der Waals surface area (Å²) >= 11 is 0. The highest BCUT2D eigenvalue weighted by Gasteiger charge is 2.21. The average molecular weight is 226 g/mol. The lowest BCUT2D eigenvalue weighted by Gasteiger charge is -2.03. The zero-order chi connectivity index (χ0) is 12.1. The second kappa shape index (κ2) is 5.31. The number of benzene rings is 1. The van der Waals surface area contributed by atoms with Crippen molar-refractivity contribution in [3.8, 4) is 6.07 Å². The number of hydrogen-bond donors (Lipinski definition) is 1. The van der Waals surface area contributed by atoms with Crippen molar-refractivity contribution in [1.29, 1.82) is 5.26 Å². The Morgan fingerprint density at radius 2 is 2.12 bits per heavy atom. The quantitative estimate of drug-likeness (QED) is 0.632. The summed E-state index contributed by atoms with van der Waals surface area (Å²) in [7, 11) is 0. The molecule has 1 aliphatic rings. The normalized spacial score (nSPS) is 15.1. The summed E-state index contributed by atoms with van der Waals surface area (Å²) < 4.78 is 0. The average Bonchev–Trinajstić information content (AvgIpc) is 3.18. The zero-order valence-electron chi connectivity index (χ0n) is 9.52. The van der Waals surface area contributed by atoms with Gasteiger partial charge in [-0.1, -0.05) is 36.4 Å². The molecule has 0 atom stereocenters. The number of nitriles is 1. The van der Waals surface area contributed by atoms with Gasteiger partial charge in [0, 0.05) is 6.54 Å². The topological polar surface area (TPSA) is 52.9 Å². The summed E-state index contributed by atoms with van der Waals surface area (Å²) in [5.41, 5.74) is 1.27. The third-order valence-corrected chi connectivity index (χ3v) is 2.69. The van der Waals surface area contributed by atoms with Crippen LogP contribution in [0.3, 0.4) is 0 Å². The first-order chi connectivity index (χ1) is 8.29. The minimum Gasteiger partial charge on any atom is -0.347 e. The molecule has 1 aliphatic carbocycles. The molecule has 1 aromatic carbocycles. The van der Waals surface area contributed by atoms with E-state index in [1.807, 2.05) is 36.4 Å². The lowest BCUT2D eigenvalue weighted by molar-refractivity contribution is -0.117. The Labute approximate surface area is 101 Å². The molecule has 2 rings (SSSR count). The van der Waals surface area contributed by atoms with Crippen molar-refractivity contribution in [2.45, 2.75) is 19.4 Å². The molecule has 0 aliphatic heterocycles. The Bertz CT molecular complexity index is 467. The van der Waals surface area contributed by atoms with E-state index in [1.54, 1.807) is 6.08 Å². The van der Waals surface area contributed by atoms with Crippen LogP contribution >= 0.6 is 0 Å². The van der Waals surface area contributed by atoms with E-state index in [2.05, 4.69) is 5.32 Å². The number of hydrogen-bond acceptors (Lipinski definition) is 2. The van der Waals surface area contributed by atoms with Crippen LogP contribution in [0.2, 0.25) is 0 Å². The van der Waals surface area contributed by atoms with Gasteiger partial charge in [-0.25, -0.2) is 0 Å². The van der Waals surface area contributed by atoms with Gasteiger partial charge in [0.05, 0.1) is 0 Å². The zero-order valence-corrected chi connectivity index (χ0v) is 9.52. The fourth-order valence-corrected chi connectivity index (χ4v) is 1.54. The molecule has 0 saturated heterocycles. The lowest BCUT2D eigenvalue weighted by atomic mass is 10.2. The molecule has 0 bridgehead atoms. The van der Waals surface area contributed by atoms with Crippen molar-refractivity contribution in [2.24, 2.45) is 5.92 Å². The monoisotopic (exact) mass is 226 g/mol. The molecule has 0 aromatic heterocycles. The molecule has 0 radical (unpaired) electrons. The van der Waals surface area contributed by atoms with Gasteiger partial charge in [-0.2, -0.15) is 5.26 Å². The Kier molecular flexibility index (Phi) is 3.56. The fourth-order valence-electron chi connectivity index (χ4n) is 1.54. The molecule has 0 unspecified atom stereocenters. The van der Waals surface area contributed by atoms with Gasteiger partial charge in [0.15, 0.2) is 0 Å². The molecule has 1 N–H and O–H groups in total. The van der Waals surface area contributed by atoms with E-state index in [1.165, 1.54) is 0 Å². The first-order valence-electron chi connectivity index (χ1n) is 5.73. The van der Waals surface area contributed by atoms with E-state index in [-0.39, 0.29) is 11.5 Å². The molecule has 0 heterocycles. The standard InChI is InChI=1S/C14H14N2O/c15-9-13(8-11-6-7-11)14(17)16-10-12-4-2-1-3-5-12/h1-5,8,11H,6-7,10H2,(H,16,17)/b13-8+. The van der Waals surface area contributed by atoms with Gasteiger partial charge in [0.25, 0.3) is 5.91 Å². The number of amides is 1. The van der Waals surface area contributed by atoms with Crippen molar-refractivity contribution in [1.82, 2.24) is 5.32 Å². The molecular formula is C14H14N2O. The van der Waals surface area contributed by atoms with Crippen LogP contribution in [0.1, 0.15) is 18.4 Å². The summed E-state index contributed by atoms with van der Waals surface area (Å²) in [5, 5.41) is 11.6. The SMILES string of the molecule is N#C/C(=C\C1CC1)C(=O)NCc1ccccc1. The number of rotatable bonds is 4. The van der Waals surface area contributed by atoms with Gasteiger partial charge in [0.1, 0.15) is 11.6 Å². The maximum Gasteiger partial charge on any atom is 0.261 e. The predicted molar refractivity (Wildman–Crippen MR) is 64.7 cm³/mol. The predicted octanol–water partition coefficient (Wildman–Crippen LogP) is 2.16. The third kappa shape index (κ3) is 3.46. The van der Waals surface area contributed by atoms with Crippen LogP contribution in [0.25, 0.3) is 0 Å². The van der Waals surface area contributed by atoms with Crippen molar-refractivity contribution < 1.29 is 4.79 Å². The number of allylic oxidation sites excluding steroid dienone is 1. The number of carbonyl (C=O) groups is 1. The van der Waals surface area contributed by atoms with Crippen LogP contribution in [-0.4, -0.2) is 5.91 Å². The highest BCUT2D eigenvalue weighted by atomic mass is 16.1. The molecule has 3 nitrogen and oxygen atoms in total. The van der Waals surface area contributed by atoms with Gasteiger partial charge >= 0.3 is 0 Å². The number of nitrogens with one attached hydrogen (secondary N) is 1. The number of carbonyl (C=O) groups excluding carboxylic acids is 1. The maximum absolute atomic E-state index is 11.7. The van der Waals surface area contributed by atoms with Crippen molar-refractivity contribution in [2.75, 3.05) is 0 Å². The van der Waals surface area contributed by atoms with Crippen LogP contribution in [-0.2, 0) is 11.3 Å². The van der Waals surface area contributed by atoms with Crippen LogP contribution in [0, 0.1) is 17.2 Å². The molecule has 1 saturated carbocycles. The molecule has 86 valence electrons. The van der Waals surface area contributed by atoms with Gasteiger partial charge in [0.2, 0.25) is 0 Å². The molecule has 1 aromatic rings. The van der Waals surface area contributed by atoms with E-state index in [4.69, 9.17) is 5.26 Å². The molecule has 17 heavy (non-hydrogen) atoms. The lowest BCUT2D eigenvalue weighted by Crippen LogP contribution is -2.24. The summed E-state index contributed by atoms with van der Waals surface area (Å²) in [4.78, 5) is 11.7. The first-order valence-corrected chi connectivity index (χ1v) is 5.73. The van der Waals surface area contributed by atoms with Crippen molar-refractivity contribution in [3.63, 3.8) is 0 Å². The van der Waals surface area contributed by atoms with Crippen molar-refractivity contribution >= 4 is 5.91 Å². The van der Waals surface area contributed by atoms with Gasteiger partial charge in [-0.05, 0) is 24.3 Å². The van der Waals surface area contributed by atoms with Gasteiger partial charge in [-0.3, -0.25) is 4.79 Å². The Hall–Kier alpha value is -2.08. The maximum atomic E-state index is 11.7. The summed E-state index contributed by atoms with van der Waals surface area (Å²) in [6.07, 6.45) is 3.97. The van der Waals surface area contributed by atoms with Crippen LogP contribution < -0.4 is 5.32 Å². The van der Waals surface area contributed by atoms with E-state index >= 15 is 0 Å². The minimum absolute atomic E-state index is 0.239. The van der Waals surface area contributed by atoms with Crippen molar-refractivity contribution in [3.05, 3.63) is 47.5 Å². The number of nitrogens with zero attached hydrogens (tertiary/aromatic N) is 1. The van der Waals surface area contributed by atoms with Gasteiger partial charge < -0.3 is 5.32 Å². The summed E-state index contributed by atoms with van der Waals surface area (Å²) in [5.74, 6) is 0.162. The largest absolute Gasteiger partial charge is 0.347 e. The Morgan fingerprint density at radius 3 is 2.71 bits per heavy atom. The first kappa shape index (κ1) is 11.4. The minimum atomic E-state index is -0.275. The molecular weight excluding hydrogens is 212 g/mol. The molecule has 3 heteroatoms. The smallest absolute Gasteiger partial charge is 0.261 e. The van der Waals surface area contributed by atoms with Crippen LogP contribution in [0.15, 0.2) is 42.0 Å². The van der Waals surface area contributed by atoms with E-state index in [0.717, 1.165) is 18.4 Å². The van der Waals surface area contributed by atoms with Gasteiger partial charge in [-0.15, -0.1) is 0 Å². The van der Waals surface area contributed by atoms with Crippen LogP contribution in [0.4, 0.5) is 0 Å². The highest BCUT2D eigenvalue weighted by Crippen LogP contribution is 2.31. The Balaban J connectivity index is 1.90. The molecule has 0 spiro atoms. The van der Waals surface area contributed by atoms with E-state index < -0.39 is 0 Å². The van der Waals surface area contributed by atoms with Crippen LogP contribution in [0.5, 0.6) is 0 Å².